The molecule has 0 aliphatic carbocycles. The van der Waals surface area contributed by atoms with E-state index in [1.54, 1.807) is 11.3 Å². The number of thiazole rings is 1. The van der Waals surface area contributed by atoms with E-state index in [9.17, 15) is 4.79 Å². The van der Waals surface area contributed by atoms with Crippen molar-refractivity contribution in [2.75, 3.05) is 38.2 Å². The van der Waals surface area contributed by atoms with Crippen molar-refractivity contribution in [3.63, 3.8) is 0 Å². The Morgan fingerprint density at radius 1 is 1.18 bits per heavy atom. The van der Waals surface area contributed by atoms with Gasteiger partial charge in [0.1, 0.15) is 12.4 Å². The first-order valence-corrected chi connectivity index (χ1v) is 12.8. The first-order chi connectivity index (χ1) is 16.6. The largest absolute Gasteiger partial charge is 0.488 e. The highest BCUT2D eigenvalue weighted by atomic mass is 32.1. The molecular formula is C27H31N3O3S. The topological polar surface area (TPSA) is 63.7 Å². The SMILES string of the molecule is COC(=O)C1CCN(c2nc(-c3cc(C)ccc3OCc3ccc4c(c3)CCNCC4)cs2)C1. The van der Waals surface area contributed by atoms with Crippen LogP contribution in [0.15, 0.2) is 41.8 Å². The molecule has 0 radical (unpaired) electrons. The Morgan fingerprint density at radius 2 is 2.03 bits per heavy atom. The third kappa shape index (κ3) is 4.95. The molecule has 3 aromatic rings. The van der Waals surface area contributed by atoms with Gasteiger partial charge in [-0.2, -0.15) is 0 Å². The zero-order chi connectivity index (χ0) is 23.5. The van der Waals surface area contributed by atoms with Crippen LogP contribution in [0.25, 0.3) is 11.3 Å². The Balaban J connectivity index is 1.32. The molecule has 1 atom stereocenters. The Labute approximate surface area is 204 Å². The Kier molecular flexibility index (Phi) is 6.83. The van der Waals surface area contributed by atoms with E-state index < -0.39 is 0 Å². The lowest BCUT2D eigenvalue weighted by Gasteiger charge is -2.15. The molecule has 0 bridgehead atoms. The molecule has 2 aromatic carbocycles. The number of esters is 1. The number of nitrogens with one attached hydrogen (secondary N) is 1. The Bertz CT molecular complexity index is 1180. The molecule has 1 unspecified atom stereocenters. The lowest BCUT2D eigenvalue weighted by molar-refractivity contribution is -0.144. The number of anilines is 1. The highest BCUT2D eigenvalue weighted by Crippen LogP contribution is 2.36. The van der Waals surface area contributed by atoms with Crippen LogP contribution in [0.3, 0.4) is 0 Å². The number of hydrogen-bond acceptors (Lipinski definition) is 7. The van der Waals surface area contributed by atoms with Gasteiger partial charge < -0.3 is 19.7 Å². The number of aryl methyl sites for hydroxylation is 1. The van der Waals surface area contributed by atoms with Gasteiger partial charge in [-0.3, -0.25) is 4.79 Å². The fourth-order valence-electron chi connectivity index (χ4n) is 4.77. The standard InChI is InChI=1S/C27H31N3O3S/c1-18-3-6-25(33-16-19-4-5-20-7-10-28-11-8-21(20)14-19)23(13-18)24-17-34-27(29-24)30-12-9-22(15-30)26(31)32-2/h3-6,13-14,17,22,28H,7-12,15-16H2,1-2H3. The van der Waals surface area contributed by atoms with Gasteiger partial charge >= 0.3 is 5.97 Å². The van der Waals surface area contributed by atoms with Gasteiger partial charge in [0, 0.05) is 24.0 Å². The van der Waals surface area contributed by atoms with Gasteiger partial charge in [0.05, 0.1) is 18.7 Å². The van der Waals surface area contributed by atoms with Crippen molar-refractivity contribution < 1.29 is 14.3 Å². The summed E-state index contributed by atoms with van der Waals surface area (Å²) in [5, 5.41) is 6.49. The highest BCUT2D eigenvalue weighted by molar-refractivity contribution is 7.14. The van der Waals surface area contributed by atoms with Crippen LogP contribution in [-0.4, -0.2) is 44.2 Å². The maximum Gasteiger partial charge on any atom is 0.310 e. The molecule has 7 heteroatoms. The number of ether oxygens (including phenoxy) is 2. The second-order valence-corrected chi connectivity index (χ2v) is 9.95. The monoisotopic (exact) mass is 477 g/mol. The van der Waals surface area contributed by atoms with Gasteiger partial charge in [-0.1, -0.05) is 29.8 Å². The number of carbonyl (C=O) groups excluding carboxylic acids is 1. The van der Waals surface area contributed by atoms with Crippen LogP contribution in [-0.2, 0) is 29.0 Å². The van der Waals surface area contributed by atoms with Crippen LogP contribution in [0.5, 0.6) is 5.75 Å². The molecule has 3 heterocycles. The molecule has 178 valence electrons. The van der Waals surface area contributed by atoms with E-state index in [2.05, 4.69) is 52.9 Å². The van der Waals surface area contributed by atoms with Gasteiger partial charge in [0.25, 0.3) is 0 Å². The van der Waals surface area contributed by atoms with E-state index in [1.807, 2.05) is 6.07 Å². The molecule has 1 aromatic heterocycles. The van der Waals surface area contributed by atoms with Crippen molar-refractivity contribution in [2.45, 2.75) is 32.8 Å². The lowest BCUT2D eigenvalue weighted by Crippen LogP contribution is -2.23. The zero-order valence-electron chi connectivity index (χ0n) is 19.8. The fourth-order valence-corrected chi connectivity index (χ4v) is 5.64. The number of aromatic nitrogens is 1. The first-order valence-electron chi connectivity index (χ1n) is 11.9. The summed E-state index contributed by atoms with van der Waals surface area (Å²) >= 11 is 1.61. The van der Waals surface area contributed by atoms with Crippen molar-refractivity contribution in [3.8, 4) is 17.0 Å². The average molecular weight is 478 g/mol. The van der Waals surface area contributed by atoms with Crippen LogP contribution in [0.1, 0.15) is 28.7 Å². The normalized spacial score (nSPS) is 17.8. The van der Waals surface area contributed by atoms with Crippen LogP contribution in [0.4, 0.5) is 5.13 Å². The van der Waals surface area contributed by atoms with Crippen LogP contribution < -0.4 is 15.0 Å². The third-order valence-electron chi connectivity index (χ3n) is 6.70. The third-order valence-corrected chi connectivity index (χ3v) is 7.61. The first kappa shape index (κ1) is 22.9. The Morgan fingerprint density at radius 3 is 2.88 bits per heavy atom. The molecule has 2 aliphatic heterocycles. The highest BCUT2D eigenvalue weighted by Gasteiger charge is 2.30. The number of fused-ring (bicyclic) bond motifs is 1. The smallest absolute Gasteiger partial charge is 0.310 e. The lowest BCUT2D eigenvalue weighted by atomic mass is 10.0. The summed E-state index contributed by atoms with van der Waals surface area (Å²) in [6, 6.07) is 13.0. The summed E-state index contributed by atoms with van der Waals surface area (Å²) in [6.45, 7) is 6.17. The predicted octanol–water partition coefficient (Wildman–Crippen LogP) is 4.39. The molecule has 6 nitrogen and oxygen atoms in total. The van der Waals surface area contributed by atoms with Gasteiger partial charge in [0.2, 0.25) is 0 Å². The summed E-state index contributed by atoms with van der Waals surface area (Å²) in [5.41, 5.74) is 7.14. The molecule has 0 amide bonds. The van der Waals surface area contributed by atoms with E-state index >= 15 is 0 Å². The maximum atomic E-state index is 11.9. The summed E-state index contributed by atoms with van der Waals surface area (Å²) < 4.78 is 11.2. The second kappa shape index (κ2) is 10.2. The number of hydrogen-bond donors (Lipinski definition) is 1. The summed E-state index contributed by atoms with van der Waals surface area (Å²) in [5.74, 6) is 0.627. The molecular weight excluding hydrogens is 446 g/mol. The molecule has 0 saturated carbocycles. The minimum Gasteiger partial charge on any atom is -0.488 e. The van der Waals surface area contributed by atoms with Crippen LogP contribution >= 0.6 is 11.3 Å². The van der Waals surface area contributed by atoms with Crippen LogP contribution in [0, 0.1) is 12.8 Å². The van der Waals surface area contributed by atoms with E-state index in [4.69, 9.17) is 14.5 Å². The van der Waals surface area contributed by atoms with E-state index in [0.29, 0.717) is 13.2 Å². The van der Waals surface area contributed by atoms with Crippen LogP contribution in [0.2, 0.25) is 0 Å². The van der Waals surface area contributed by atoms with E-state index in [0.717, 1.165) is 61.0 Å². The van der Waals surface area contributed by atoms with Gasteiger partial charge in [-0.15, -0.1) is 11.3 Å². The van der Waals surface area contributed by atoms with Crippen molar-refractivity contribution in [3.05, 3.63) is 64.0 Å². The molecule has 0 spiro atoms. The summed E-state index contributed by atoms with van der Waals surface area (Å²) in [7, 11) is 1.45. The quantitative estimate of drug-likeness (QED) is 0.532. The molecule has 1 N–H and O–H groups in total. The Hall–Kier alpha value is -2.90. The van der Waals surface area contributed by atoms with Gasteiger partial charge in [-0.25, -0.2) is 4.98 Å². The predicted molar refractivity (Wildman–Crippen MR) is 136 cm³/mol. The van der Waals surface area contributed by atoms with Gasteiger partial charge in [0.15, 0.2) is 5.13 Å². The van der Waals surface area contributed by atoms with Gasteiger partial charge in [-0.05, 0) is 68.1 Å². The number of methoxy groups -OCH3 is 1. The molecule has 34 heavy (non-hydrogen) atoms. The van der Waals surface area contributed by atoms with E-state index in [1.165, 1.54) is 29.4 Å². The van der Waals surface area contributed by atoms with Crippen molar-refractivity contribution in [1.82, 2.24) is 10.3 Å². The second-order valence-electron chi connectivity index (χ2n) is 9.11. The summed E-state index contributed by atoms with van der Waals surface area (Å²) in [6.07, 6.45) is 2.95. The number of benzene rings is 2. The number of rotatable bonds is 6. The van der Waals surface area contributed by atoms with Crippen molar-refractivity contribution in [2.24, 2.45) is 5.92 Å². The number of carbonyl (C=O) groups is 1. The molecule has 5 rings (SSSR count). The maximum absolute atomic E-state index is 11.9. The molecule has 1 fully saturated rings. The summed E-state index contributed by atoms with van der Waals surface area (Å²) in [4.78, 5) is 19.0. The average Bonchev–Trinajstić information content (AvgIpc) is 3.48. The van der Waals surface area contributed by atoms with Crippen molar-refractivity contribution >= 4 is 22.4 Å². The zero-order valence-corrected chi connectivity index (χ0v) is 20.6. The number of nitrogens with zero attached hydrogens (tertiary/aromatic N) is 2. The minimum absolute atomic E-state index is 0.0769. The van der Waals surface area contributed by atoms with E-state index in [-0.39, 0.29) is 11.9 Å². The minimum atomic E-state index is -0.136. The van der Waals surface area contributed by atoms with Crippen molar-refractivity contribution in [1.29, 1.82) is 0 Å². The fraction of sp³-hybridized carbons (Fsp3) is 0.407. The molecule has 2 aliphatic rings. The molecule has 1 saturated heterocycles.